The Morgan fingerprint density at radius 2 is 1.77 bits per heavy atom. The van der Waals surface area contributed by atoms with Crippen LogP contribution in [0.25, 0.3) is 11.3 Å². The molecule has 0 fully saturated rings. The Balaban J connectivity index is 0.00000243. The second-order valence-electron chi connectivity index (χ2n) is 5.11. The van der Waals surface area contributed by atoms with Gasteiger partial charge in [-0.15, -0.1) is 28.3 Å². The number of thiazole rings is 1. The van der Waals surface area contributed by atoms with Crippen LogP contribution in [0.3, 0.4) is 0 Å². The van der Waals surface area contributed by atoms with E-state index in [1.807, 2.05) is 35.2 Å². The quantitative estimate of drug-likeness (QED) is 0.415. The smallest absolute Gasteiger partial charge is 0.262 e. The van der Waals surface area contributed by atoms with Gasteiger partial charge >= 0.3 is 0 Å². The van der Waals surface area contributed by atoms with Crippen molar-refractivity contribution in [1.82, 2.24) is 4.57 Å². The molecular weight excluding hydrogens is 503 g/mol. The lowest BCUT2D eigenvalue weighted by Crippen LogP contribution is -2.11. The van der Waals surface area contributed by atoms with Crippen molar-refractivity contribution in [2.24, 2.45) is 12.0 Å². The van der Waals surface area contributed by atoms with Crippen molar-refractivity contribution in [3.05, 3.63) is 62.7 Å². The van der Waals surface area contributed by atoms with Crippen molar-refractivity contribution >= 4 is 76.9 Å². The topological polar surface area (TPSA) is 51.4 Å². The van der Waals surface area contributed by atoms with Gasteiger partial charge in [0.1, 0.15) is 4.90 Å². The first-order chi connectivity index (χ1) is 11.8. The second-order valence-corrected chi connectivity index (χ2v) is 9.29. The maximum absolute atomic E-state index is 11.6. The standard InChI is InChI=1S/C16H11Cl3N2O2S2.BrH/c1-21-14(10-6-7-12(18)15(8-10)25(19,22)23)9-24-16(21)20-13-5-3-2-4-11(13)17;/h2-9H,1H3;1H/b20-16+;. The highest BCUT2D eigenvalue weighted by Gasteiger charge is 2.17. The van der Waals surface area contributed by atoms with E-state index in [0.717, 1.165) is 5.69 Å². The van der Waals surface area contributed by atoms with Gasteiger partial charge in [0.2, 0.25) is 0 Å². The number of hydrogen-bond donors (Lipinski definition) is 0. The molecular formula is C16H12BrCl3N2O2S2. The molecule has 0 aliphatic heterocycles. The number of para-hydroxylation sites is 1. The molecule has 2 aromatic carbocycles. The van der Waals surface area contributed by atoms with E-state index in [-0.39, 0.29) is 26.9 Å². The molecule has 3 rings (SSSR count). The molecule has 0 bridgehead atoms. The first kappa shape index (κ1) is 21.5. The first-order valence-electron chi connectivity index (χ1n) is 6.96. The summed E-state index contributed by atoms with van der Waals surface area (Å²) < 4.78 is 25.1. The van der Waals surface area contributed by atoms with Crippen LogP contribution in [0.2, 0.25) is 10.0 Å². The zero-order chi connectivity index (χ0) is 18.2. The highest BCUT2D eigenvalue weighted by Crippen LogP contribution is 2.30. The third-order valence-corrected chi connectivity index (χ3v) is 6.52. The molecule has 0 saturated heterocycles. The van der Waals surface area contributed by atoms with Gasteiger partial charge in [0.15, 0.2) is 4.80 Å². The minimum Gasteiger partial charge on any atom is -0.320 e. The molecule has 0 amide bonds. The van der Waals surface area contributed by atoms with Crippen molar-refractivity contribution in [3.63, 3.8) is 0 Å². The van der Waals surface area contributed by atoms with Gasteiger partial charge in [0.05, 0.1) is 21.4 Å². The van der Waals surface area contributed by atoms with Crippen molar-refractivity contribution in [1.29, 1.82) is 0 Å². The van der Waals surface area contributed by atoms with Gasteiger partial charge in [-0.05, 0) is 24.3 Å². The average Bonchev–Trinajstić information content (AvgIpc) is 2.90. The highest BCUT2D eigenvalue weighted by atomic mass is 79.9. The monoisotopic (exact) mass is 512 g/mol. The lowest BCUT2D eigenvalue weighted by Gasteiger charge is -2.06. The van der Waals surface area contributed by atoms with E-state index in [4.69, 9.17) is 33.9 Å². The number of benzene rings is 2. The zero-order valence-electron chi connectivity index (χ0n) is 13.2. The number of hydrogen-bond acceptors (Lipinski definition) is 4. The highest BCUT2D eigenvalue weighted by molar-refractivity contribution is 8.93. The minimum atomic E-state index is -3.93. The molecule has 3 aromatic rings. The third-order valence-electron chi connectivity index (χ3n) is 3.48. The minimum absolute atomic E-state index is 0. The van der Waals surface area contributed by atoms with Crippen LogP contribution in [0.1, 0.15) is 0 Å². The molecule has 1 aromatic heterocycles. The van der Waals surface area contributed by atoms with Gasteiger partial charge in [-0.1, -0.05) is 41.4 Å². The molecule has 0 spiro atoms. The summed E-state index contributed by atoms with van der Waals surface area (Å²) in [7, 11) is 3.35. The maximum Gasteiger partial charge on any atom is 0.262 e. The molecule has 26 heavy (non-hydrogen) atoms. The van der Waals surface area contributed by atoms with E-state index >= 15 is 0 Å². The summed E-state index contributed by atoms with van der Waals surface area (Å²) in [6.45, 7) is 0. The summed E-state index contributed by atoms with van der Waals surface area (Å²) in [6.07, 6.45) is 0. The molecule has 0 atom stereocenters. The van der Waals surface area contributed by atoms with Crippen LogP contribution in [0.4, 0.5) is 5.69 Å². The molecule has 0 unspecified atom stereocenters. The van der Waals surface area contributed by atoms with Crippen LogP contribution in [0.15, 0.2) is 57.7 Å². The van der Waals surface area contributed by atoms with Gasteiger partial charge in [-0.2, -0.15) is 0 Å². The maximum atomic E-state index is 11.6. The van der Waals surface area contributed by atoms with E-state index in [9.17, 15) is 8.42 Å². The fraction of sp³-hybridized carbons (Fsp3) is 0.0625. The molecule has 10 heteroatoms. The van der Waals surface area contributed by atoms with Crippen molar-refractivity contribution in [2.75, 3.05) is 0 Å². The van der Waals surface area contributed by atoms with Crippen LogP contribution in [0.5, 0.6) is 0 Å². The Bertz CT molecular complexity index is 1120. The Kier molecular flexibility index (Phi) is 6.98. The number of halogens is 4. The van der Waals surface area contributed by atoms with Crippen LogP contribution >= 0.6 is 62.2 Å². The molecule has 1 heterocycles. The molecule has 0 aliphatic rings. The van der Waals surface area contributed by atoms with Crippen LogP contribution < -0.4 is 4.80 Å². The van der Waals surface area contributed by atoms with Gasteiger partial charge in [-0.3, -0.25) is 0 Å². The van der Waals surface area contributed by atoms with E-state index in [0.29, 0.717) is 21.1 Å². The predicted octanol–water partition coefficient (Wildman–Crippen LogP) is 5.80. The Labute approximate surface area is 179 Å². The summed E-state index contributed by atoms with van der Waals surface area (Å²) in [6, 6.07) is 12.0. The van der Waals surface area contributed by atoms with E-state index in [1.54, 1.807) is 12.1 Å². The van der Waals surface area contributed by atoms with Gasteiger partial charge < -0.3 is 4.57 Å². The van der Waals surface area contributed by atoms with Crippen LogP contribution in [-0.4, -0.2) is 13.0 Å². The van der Waals surface area contributed by atoms with Crippen molar-refractivity contribution < 1.29 is 8.42 Å². The van der Waals surface area contributed by atoms with Crippen LogP contribution in [0, 0.1) is 0 Å². The van der Waals surface area contributed by atoms with Crippen molar-refractivity contribution in [3.8, 4) is 11.3 Å². The summed E-state index contributed by atoms with van der Waals surface area (Å²) in [5.74, 6) is 0. The Morgan fingerprint density at radius 1 is 1.08 bits per heavy atom. The number of nitrogens with zero attached hydrogens (tertiary/aromatic N) is 2. The fourth-order valence-corrected chi connectivity index (χ4v) is 4.82. The summed E-state index contributed by atoms with van der Waals surface area (Å²) >= 11 is 13.5. The lowest BCUT2D eigenvalue weighted by atomic mass is 10.2. The molecule has 0 radical (unpaired) electrons. The predicted molar refractivity (Wildman–Crippen MR) is 114 cm³/mol. The number of aromatic nitrogens is 1. The summed E-state index contributed by atoms with van der Waals surface area (Å²) in [4.78, 5) is 5.15. The normalized spacial score (nSPS) is 12.1. The molecule has 0 N–H and O–H groups in total. The molecule has 4 nitrogen and oxygen atoms in total. The molecule has 0 aliphatic carbocycles. The lowest BCUT2D eigenvalue weighted by molar-refractivity contribution is 0.609. The van der Waals surface area contributed by atoms with E-state index < -0.39 is 9.05 Å². The summed E-state index contributed by atoms with van der Waals surface area (Å²) in [5.41, 5.74) is 2.12. The Morgan fingerprint density at radius 3 is 2.42 bits per heavy atom. The van der Waals surface area contributed by atoms with Gasteiger partial charge in [0.25, 0.3) is 9.05 Å². The van der Waals surface area contributed by atoms with Crippen molar-refractivity contribution in [2.45, 2.75) is 4.90 Å². The summed E-state index contributed by atoms with van der Waals surface area (Å²) in [5, 5.41) is 2.51. The SMILES string of the molecule is Br.Cn1c(-c2ccc(Cl)c(S(=O)(=O)Cl)c2)cs/c1=N/c1ccccc1Cl. The zero-order valence-corrected chi connectivity index (χ0v) is 18.8. The number of rotatable bonds is 3. The Hall–Kier alpha value is -0.830. The van der Waals surface area contributed by atoms with Gasteiger partial charge in [-0.25, -0.2) is 13.4 Å². The van der Waals surface area contributed by atoms with E-state index in [1.165, 1.54) is 23.5 Å². The van der Waals surface area contributed by atoms with E-state index in [2.05, 4.69) is 4.99 Å². The third kappa shape index (κ3) is 4.52. The second kappa shape index (κ2) is 8.46. The molecule has 0 saturated carbocycles. The molecule has 138 valence electrons. The largest absolute Gasteiger partial charge is 0.320 e. The first-order valence-corrected chi connectivity index (χ1v) is 10.9. The van der Waals surface area contributed by atoms with Gasteiger partial charge in [0, 0.05) is 28.7 Å². The van der Waals surface area contributed by atoms with Crippen LogP contribution in [-0.2, 0) is 16.1 Å². The average molecular weight is 515 g/mol. The fourth-order valence-electron chi connectivity index (χ4n) is 2.23.